The molecule has 0 radical (unpaired) electrons. The van der Waals surface area contributed by atoms with E-state index < -0.39 is 5.91 Å². The highest BCUT2D eigenvalue weighted by Crippen LogP contribution is 2.28. The van der Waals surface area contributed by atoms with Gasteiger partial charge in [0, 0.05) is 16.8 Å². The number of carbonyl (C=O) groups is 1. The molecule has 0 bridgehead atoms. The second-order valence-corrected chi connectivity index (χ2v) is 5.73. The average molecular weight is 369 g/mol. The fourth-order valence-corrected chi connectivity index (χ4v) is 2.25. The molecule has 8 heteroatoms. The molecule has 0 saturated heterocycles. The molecule has 23 heavy (non-hydrogen) atoms. The number of aromatic nitrogens is 2. The number of nitrogens with one attached hydrogen (secondary N) is 1. The monoisotopic (exact) mass is 367 g/mol. The van der Waals surface area contributed by atoms with E-state index in [1.54, 1.807) is 24.3 Å². The van der Waals surface area contributed by atoms with Crippen molar-refractivity contribution in [2.75, 3.05) is 5.32 Å². The molecule has 0 unspecified atom stereocenters. The first-order valence-corrected chi connectivity index (χ1v) is 7.50. The van der Waals surface area contributed by atoms with E-state index in [0.717, 1.165) is 0 Å². The zero-order chi connectivity index (χ0) is 16.4. The van der Waals surface area contributed by atoms with E-state index in [-0.39, 0.29) is 11.6 Å². The number of hydrogen-bond acceptors (Lipinski definition) is 4. The summed E-state index contributed by atoms with van der Waals surface area (Å²) in [6.07, 6.45) is 2.74. The third-order valence-corrected chi connectivity index (χ3v) is 3.84. The summed E-state index contributed by atoms with van der Waals surface area (Å²) in [7, 11) is 0. The molecular formula is C15H8Cl3N3O2. The summed E-state index contributed by atoms with van der Waals surface area (Å²) in [6.45, 7) is 0. The van der Waals surface area contributed by atoms with Crippen molar-refractivity contribution in [2.24, 2.45) is 0 Å². The van der Waals surface area contributed by atoms with Crippen LogP contribution in [-0.4, -0.2) is 15.9 Å². The second kappa shape index (κ2) is 6.58. The van der Waals surface area contributed by atoms with Gasteiger partial charge in [0.25, 0.3) is 5.91 Å². The summed E-state index contributed by atoms with van der Waals surface area (Å²) >= 11 is 17.7. The SMILES string of the molecule is O=C(Nc1cc(Cl)ccn1)c1coc(-c2ccc(Cl)c(Cl)c2)n1. The van der Waals surface area contributed by atoms with Crippen LogP contribution < -0.4 is 5.32 Å². The van der Waals surface area contributed by atoms with Crippen molar-refractivity contribution in [3.05, 3.63) is 63.6 Å². The topological polar surface area (TPSA) is 68.0 Å². The van der Waals surface area contributed by atoms with Crippen LogP contribution in [0.2, 0.25) is 15.1 Å². The molecule has 116 valence electrons. The fourth-order valence-electron chi connectivity index (χ4n) is 1.79. The zero-order valence-corrected chi connectivity index (χ0v) is 13.7. The Kier molecular flexibility index (Phi) is 4.52. The summed E-state index contributed by atoms with van der Waals surface area (Å²) < 4.78 is 5.31. The number of amides is 1. The molecule has 1 N–H and O–H groups in total. The normalized spacial score (nSPS) is 10.6. The van der Waals surface area contributed by atoms with E-state index in [2.05, 4.69) is 15.3 Å². The Morgan fingerprint density at radius 3 is 2.65 bits per heavy atom. The van der Waals surface area contributed by atoms with Crippen molar-refractivity contribution in [2.45, 2.75) is 0 Å². The summed E-state index contributed by atoms with van der Waals surface area (Å²) in [6, 6.07) is 8.06. The Morgan fingerprint density at radius 1 is 1.09 bits per heavy atom. The molecule has 0 spiro atoms. The highest BCUT2D eigenvalue weighted by molar-refractivity contribution is 6.42. The Balaban J connectivity index is 1.81. The first kappa shape index (κ1) is 15.8. The van der Waals surface area contributed by atoms with Gasteiger partial charge in [-0.2, -0.15) is 0 Å². The third kappa shape index (κ3) is 3.64. The highest BCUT2D eigenvalue weighted by atomic mass is 35.5. The molecule has 2 heterocycles. The predicted octanol–water partition coefficient (Wildman–Crippen LogP) is 4.95. The quantitative estimate of drug-likeness (QED) is 0.710. The minimum absolute atomic E-state index is 0.104. The number of rotatable bonds is 3. The van der Waals surface area contributed by atoms with Crippen molar-refractivity contribution in [3.8, 4) is 11.5 Å². The molecule has 0 aliphatic carbocycles. The lowest BCUT2D eigenvalue weighted by Gasteiger charge is -2.01. The van der Waals surface area contributed by atoms with E-state index in [1.165, 1.54) is 18.5 Å². The molecule has 1 aromatic carbocycles. The first-order valence-electron chi connectivity index (χ1n) is 6.37. The number of halogens is 3. The molecule has 3 aromatic rings. The number of hydrogen-bond donors (Lipinski definition) is 1. The highest BCUT2D eigenvalue weighted by Gasteiger charge is 2.15. The molecule has 3 rings (SSSR count). The van der Waals surface area contributed by atoms with Crippen LogP contribution in [0.4, 0.5) is 5.82 Å². The van der Waals surface area contributed by atoms with Crippen LogP contribution in [0, 0.1) is 0 Å². The van der Waals surface area contributed by atoms with Gasteiger partial charge in [-0.1, -0.05) is 34.8 Å². The minimum atomic E-state index is -0.463. The Hall–Kier alpha value is -2.08. The smallest absolute Gasteiger partial charge is 0.278 e. The van der Waals surface area contributed by atoms with Crippen LogP contribution in [0.1, 0.15) is 10.5 Å². The Morgan fingerprint density at radius 2 is 1.91 bits per heavy atom. The number of pyridine rings is 1. The summed E-state index contributed by atoms with van der Waals surface area (Å²) in [5.74, 6) is 0.115. The summed E-state index contributed by atoms with van der Waals surface area (Å²) in [5, 5.41) is 3.84. The van der Waals surface area contributed by atoms with Crippen molar-refractivity contribution in [1.29, 1.82) is 0 Å². The molecule has 2 aromatic heterocycles. The van der Waals surface area contributed by atoms with Gasteiger partial charge in [-0.15, -0.1) is 0 Å². The van der Waals surface area contributed by atoms with E-state index in [1.807, 2.05) is 0 Å². The Labute approximate surface area is 146 Å². The maximum Gasteiger partial charge on any atom is 0.278 e. The number of oxazole rings is 1. The maximum absolute atomic E-state index is 12.1. The van der Waals surface area contributed by atoms with Crippen molar-refractivity contribution in [1.82, 2.24) is 9.97 Å². The van der Waals surface area contributed by atoms with Gasteiger partial charge in [0.1, 0.15) is 12.1 Å². The molecule has 0 saturated carbocycles. The van der Waals surface area contributed by atoms with Gasteiger partial charge in [0.15, 0.2) is 5.69 Å². The summed E-state index contributed by atoms with van der Waals surface area (Å²) in [5.41, 5.74) is 0.715. The second-order valence-electron chi connectivity index (χ2n) is 4.48. The van der Waals surface area contributed by atoms with Gasteiger partial charge in [-0.25, -0.2) is 9.97 Å². The first-order chi connectivity index (χ1) is 11.0. The van der Waals surface area contributed by atoms with E-state index in [0.29, 0.717) is 26.4 Å². The zero-order valence-electron chi connectivity index (χ0n) is 11.4. The number of nitrogens with zero attached hydrogens (tertiary/aromatic N) is 2. The Bertz CT molecular complexity index is 880. The van der Waals surface area contributed by atoms with Crippen molar-refractivity contribution < 1.29 is 9.21 Å². The molecule has 0 fully saturated rings. The lowest BCUT2D eigenvalue weighted by Crippen LogP contribution is -2.13. The minimum Gasteiger partial charge on any atom is -0.444 e. The number of benzene rings is 1. The maximum atomic E-state index is 12.1. The van der Waals surface area contributed by atoms with Gasteiger partial charge in [0.05, 0.1) is 10.0 Å². The van der Waals surface area contributed by atoms with E-state index in [9.17, 15) is 4.79 Å². The molecule has 5 nitrogen and oxygen atoms in total. The van der Waals surface area contributed by atoms with Crippen LogP contribution in [0.3, 0.4) is 0 Å². The van der Waals surface area contributed by atoms with Crippen LogP contribution >= 0.6 is 34.8 Å². The van der Waals surface area contributed by atoms with Gasteiger partial charge >= 0.3 is 0 Å². The van der Waals surface area contributed by atoms with Crippen LogP contribution in [0.5, 0.6) is 0 Å². The predicted molar refractivity (Wildman–Crippen MR) is 89.2 cm³/mol. The average Bonchev–Trinajstić information content (AvgIpc) is 3.00. The van der Waals surface area contributed by atoms with Gasteiger partial charge in [-0.3, -0.25) is 4.79 Å². The molecule has 1 amide bonds. The number of carbonyl (C=O) groups excluding carboxylic acids is 1. The number of anilines is 1. The summed E-state index contributed by atoms with van der Waals surface area (Å²) in [4.78, 5) is 20.2. The van der Waals surface area contributed by atoms with Crippen LogP contribution in [-0.2, 0) is 0 Å². The molecule has 0 atom stereocenters. The fraction of sp³-hybridized carbons (Fsp3) is 0. The molecular weight excluding hydrogens is 361 g/mol. The molecule has 0 aliphatic rings. The van der Waals surface area contributed by atoms with E-state index >= 15 is 0 Å². The van der Waals surface area contributed by atoms with E-state index in [4.69, 9.17) is 39.2 Å². The van der Waals surface area contributed by atoms with Gasteiger partial charge in [-0.05, 0) is 30.3 Å². The molecule has 0 aliphatic heterocycles. The van der Waals surface area contributed by atoms with Crippen molar-refractivity contribution in [3.63, 3.8) is 0 Å². The van der Waals surface area contributed by atoms with Gasteiger partial charge < -0.3 is 9.73 Å². The standard InChI is InChI=1S/C15H8Cl3N3O2/c16-9-3-4-19-13(6-9)21-14(22)12-7-23-15(20-12)8-1-2-10(17)11(18)5-8/h1-7H,(H,19,21,22). The van der Waals surface area contributed by atoms with Crippen LogP contribution in [0.25, 0.3) is 11.5 Å². The van der Waals surface area contributed by atoms with Crippen molar-refractivity contribution >= 4 is 46.5 Å². The largest absolute Gasteiger partial charge is 0.444 e. The van der Waals surface area contributed by atoms with Crippen LogP contribution in [0.15, 0.2) is 47.2 Å². The lowest BCUT2D eigenvalue weighted by molar-refractivity contribution is 0.102. The van der Waals surface area contributed by atoms with Gasteiger partial charge in [0.2, 0.25) is 5.89 Å². The third-order valence-electron chi connectivity index (χ3n) is 2.87. The lowest BCUT2D eigenvalue weighted by atomic mass is 10.2.